The van der Waals surface area contributed by atoms with Gasteiger partial charge < -0.3 is 10.5 Å². The maximum atomic E-state index is 12.5. The van der Waals surface area contributed by atoms with E-state index in [1.807, 2.05) is 0 Å². The van der Waals surface area contributed by atoms with Gasteiger partial charge in [-0.2, -0.15) is 13.2 Å². The first-order chi connectivity index (χ1) is 8.86. The summed E-state index contributed by atoms with van der Waals surface area (Å²) in [5.41, 5.74) is 4.80. The van der Waals surface area contributed by atoms with Gasteiger partial charge in [0.15, 0.2) is 5.78 Å². The Morgan fingerprint density at radius 1 is 1.42 bits per heavy atom. The summed E-state index contributed by atoms with van der Waals surface area (Å²) in [5.74, 6) is -0.484. The molecule has 0 aromatic heterocycles. The molecule has 6 heteroatoms. The lowest BCUT2D eigenvalue weighted by Crippen LogP contribution is -2.31. The zero-order valence-corrected chi connectivity index (χ0v) is 10.5. The Balaban J connectivity index is 2.77. The van der Waals surface area contributed by atoms with E-state index < -0.39 is 23.6 Å². The highest BCUT2D eigenvalue weighted by Gasteiger charge is 2.31. The second-order valence-corrected chi connectivity index (χ2v) is 4.18. The quantitative estimate of drug-likeness (QED) is 0.641. The SMILES string of the molecule is COCCCC(N)C(=O)c1cccc(C(F)(F)F)c1. The molecule has 0 saturated heterocycles. The minimum absolute atomic E-state index is 0.0141. The third-order valence-corrected chi connectivity index (χ3v) is 2.67. The average molecular weight is 275 g/mol. The van der Waals surface area contributed by atoms with E-state index in [2.05, 4.69) is 0 Å². The molecular weight excluding hydrogens is 259 g/mol. The summed E-state index contributed by atoms with van der Waals surface area (Å²) in [4.78, 5) is 11.9. The van der Waals surface area contributed by atoms with Gasteiger partial charge in [0.2, 0.25) is 0 Å². The van der Waals surface area contributed by atoms with Crippen LogP contribution in [0.15, 0.2) is 24.3 Å². The number of methoxy groups -OCH3 is 1. The van der Waals surface area contributed by atoms with Crippen LogP contribution < -0.4 is 5.73 Å². The summed E-state index contributed by atoms with van der Waals surface area (Å²) in [5, 5.41) is 0. The molecule has 0 bridgehead atoms. The van der Waals surface area contributed by atoms with Crippen LogP contribution in [-0.4, -0.2) is 25.5 Å². The minimum Gasteiger partial charge on any atom is -0.385 e. The van der Waals surface area contributed by atoms with Crippen molar-refractivity contribution in [3.05, 3.63) is 35.4 Å². The molecule has 1 atom stereocenters. The second kappa shape index (κ2) is 6.68. The van der Waals surface area contributed by atoms with Gasteiger partial charge in [-0.25, -0.2) is 0 Å². The van der Waals surface area contributed by atoms with Crippen LogP contribution in [0, 0.1) is 0 Å². The van der Waals surface area contributed by atoms with Crippen molar-refractivity contribution < 1.29 is 22.7 Å². The largest absolute Gasteiger partial charge is 0.416 e. The predicted octanol–water partition coefficient (Wildman–Crippen LogP) is 2.64. The standard InChI is InChI=1S/C13H16F3NO2/c1-19-7-3-6-11(17)12(18)9-4-2-5-10(8-9)13(14,15)16/h2,4-5,8,11H,3,6-7,17H2,1H3. The van der Waals surface area contributed by atoms with Gasteiger partial charge >= 0.3 is 6.18 Å². The number of nitrogens with two attached hydrogens (primary N) is 1. The third-order valence-electron chi connectivity index (χ3n) is 2.67. The van der Waals surface area contributed by atoms with Crippen molar-refractivity contribution in [2.24, 2.45) is 5.73 Å². The lowest BCUT2D eigenvalue weighted by atomic mass is 9.99. The molecule has 1 rings (SSSR count). The highest BCUT2D eigenvalue weighted by molar-refractivity contribution is 6.00. The summed E-state index contributed by atoms with van der Waals surface area (Å²) in [7, 11) is 1.53. The molecule has 0 fully saturated rings. The summed E-state index contributed by atoms with van der Waals surface area (Å²) in [6.07, 6.45) is -3.50. The van der Waals surface area contributed by atoms with Crippen LogP contribution in [0.25, 0.3) is 0 Å². The zero-order chi connectivity index (χ0) is 14.5. The number of carbonyl (C=O) groups is 1. The zero-order valence-electron chi connectivity index (χ0n) is 10.5. The van der Waals surface area contributed by atoms with Gasteiger partial charge in [-0.15, -0.1) is 0 Å². The maximum Gasteiger partial charge on any atom is 0.416 e. The molecule has 1 aromatic carbocycles. The van der Waals surface area contributed by atoms with Crippen LogP contribution >= 0.6 is 0 Å². The first-order valence-corrected chi connectivity index (χ1v) is 5.82. The Labute approximate surface area is 109 Å². The van der Waals surface area contributed by atoms with Crippen molar-refractivity contribution in [2.75, 3.05) is 13.7 Å². The first-order valence-electron chi connectivity index (χ1n) is 5.82. The number of ether oxygens (including phenoxy) is 1. The molecule has 1 aromatic rings. The van der Waals surface area contributed by atoms with Crippen LogP contribution in [-0.2, 0) is 10.9 Å². The fourth-order valence-electron chi connectivity index (χ4n) is 1.64. The number of hydrogen-bond donors (Lipinski definition) is 1. The predicted molar refractivity (Wildman–Crippen MR) is 64.9 cm³/mol. The normalized spacial score (nSPS) is 13.3. The molecule has 0 heterocycles. The number of halogens is 3. The van der Waals surface area contributed by atoms with Crippen molar-refractivity contribution in [1.82, 2.24) is 0 Å². The van der Waals surface area contributed by atoms with Crippen LogP contribution in [0.2, 0.25) is 0 Å². The van der Waals surface area contributed by atoms with Crippen LogP contribution in [0.5, 0.6) is 0 Å². The monoisotopic (exact) mass is 275 g/mol. The topological polar surface area (TPSA) is 52.3 Å². The highest BCUT2D eigenvalue weighted by Crippen LogP contribution is 2.29. The van der Waals surface area contributed by atoms with Crippen LogP contribution in [0.3, 0.4) is 0 Å². The van der Waals surface area contributed by atoms with Gasteiger partial charge in [-0.3, -0.25) is 4.79 Å². The summed E-state index contributed by atoms with van der Waals surface area (Å²) < 4.78 is 42.4. The highest BCUT2D eigenvalue weighted by atomic mass is 19.4. The summed E-state index contributed by atoms with van der Waals surface area (Å²) in [6, 6.07) is 3.50. The number of alkyl halides is 3. The smallest absolute Gasteiger partial charge is 0.385 e. The molecule has 3 nitrogen and oxygen atoms in total. The van der Waals surface area contributed by atoms with Crippen molar-refractivity contribution in [2.45, 2.75) is 25.1 Å². The molecule has 0 radical (unpaired) electrons. The number of hydrogen-bond acceptors (Lipinski definition) is 3. The maximum absolute atomic E-state index is 12.5. The Bertz CT molecular complexity index is 432. The summed E-state index contributed by atoms with van der Waals surface area (Å²) >= 11 is 0. The molecule has 0 aliphatic rings. The number of Topliss-reactive ketones (excluding diaryl/α,β-unsaturated/α-hetero) is 1. The number of benzene rings is 1. The minimum atomic E-state index is -4.46. The fourth-order valence-corrected chi connectivity index (χ4v) is 1.64. The molecule has 0 aliphatic carbocycles. The molecule has 0 aliphatic heterocycles. The van der Waals surface area contributed by atoms with Gasteiger partial charge in [-0.05, 0) is 25.0 Å². The van der Waals surface area contributed by atoms with Gasteiger partial charge in [0, 0.05) is 19.3 Å². The van der Waals surface area contributed by atoms with E-state index in [-0.39, 0.29) is 5.56 Å². The second-order valence-electron chi connectivity index (χ2n) is 4.18. The molecule has 1 unspecified atom stereocenters. The van der Waals surface area contributed by atoms with E-state index in [1.54, 1.807) is 0 Å². The molecular formula is C13H16F3NO2. The van der Waals surface area contributed by atoms with E-state index in [1.165, 1.54) is 19.2 Å². The molecule has 0 spiro atoms. The Hall–Kier alpha value is -1.40. The van der Waals surface area contributed by atoms with Crippen molar-refractivity contribution in [3.63, 3.8) is 0 Å². The van der Waals surface area contributed by atoms with E-state index in [0.29, 0.717) is 19.4 Å². The molecule has 19 heavy (non-hydrogen) atoms. The van der Waals surface area contributed by atoms with Gasteiger partial charge in [0.05, 0.1) is 11.6 Å². The van der Waals surface area contributed by atoms with E-state index >= 15 is 0 Å². The Kier molecular flexibility index (Phi) is 5.50. The molecule has 2 N–H and O–H groups in total. The van der Waals surface area contributed by atoms with E-state index in [9.17, 15) is 18.0 Å². The van der Waals surface area contributed by atoms with Crippen LogP contribution in [0.1, 0.15) is 28.8 Å². The first kappa shape index (κ1) is 15.7. The number of carbonyl (C=O) groups excluding carboxylic acids is 1. The average Bonchev–Trinajstić information content (AvgIpc) is 2.37. The van der Waals surface area contributed by atoms with E-state index in [0.717, 1.165) is 12.1 Å². The molecule has 106 valence electrons. The van der Waals surface area contributed by atoms with Crippen molar-refractivity contribution in [1.29, 1.82) is 0 Å². The van der Waals surface area contributed by atoms with Gasteiger partial charge in [0.1, 0.15) is 0 Å². The number of rotatable bonds is 6. The lowest BCUT2D eigenvalue weighted by molar-refractivity contribution is -0.137. The Morgan fingerprint density at radius 3 is 2.68 bits per heavy atom. The van der Waals surface area contributed by atoms with Gasteiger partial charge in [-0.1, -0.05) is 12.1 Å². The summed E-state index contributed by atoms with van der Waals surface area (Å²) in [6.45, 7) is 0.462. The lowest BCUT2D eigenvalue weighted by Gasteiger charge is -2.12. The third kappa shape index (κ3) is 4.65. The Morgan fingerprint density at radius 2 is 2.11 bits per heavy atom. The van der Waals surface area contributed by atoms with Crippen molar-refractivity contribution >= 4 is 5.78 Å². The molecule has 0 amide bonds. The van der Waals surface area contributed by atoms with Gasteiger partial charge in [0.25, 0.3) is 0 Å². The molecule has 0 saturated carbocycles. The van der Waals surface area contributed by atoms with Crippen molar-refractivity contribution in [3.8, 4) is 0 Å². The van der Waals surface area contributed by atoms with Crippen LogP contribution in [0.4, 0.5) is 13.2 Å². The van der Waals surface area contributed by atoms with E-state index in [4.69, 9.17) is 10.5 Å². The fraction of sp³-hybridized carbons (Fsp3) is 0.462. The number of ketones is 1.